The molecule has 0 bridgehead atoms. The van der Waals surface area contributed by atoms with Gasteiger partial charge in [0.25, 0.3) is 5.91 Å². The third kappa shape index (κ3) is 6.32. The number of hydrogen-bond acceptors (Lipinski definition) is 5. The topological polar surface area (TPSA) is 60.0 Å². The third-order valence-corrected chi connectivity index (χ3v) is 7.90. The highest BCUT2D eigenvalue weighted by Crippen LogP contribution is 2.37. The van der Waals surface area contributed by atoms with Crippen molar-refractivity contribution in [3.8, 4) is 23.5 Å². The molecule has 8 heteroatoms. The average molecular weight is 580 g/mol. The zero-order valence-electron chi connectivity index (χ0n) is 24.2. The Morgan fingerprint density at radius 2 is 1.62 bits per heavy atom. The molecule has 1 fully saturated rings. The quantitative estimate of drug-likeness (QED) is 0.271. The van der Waals surface area contributed by atoms with Gasteiger partial charge in [-0.1, -0.05) is 29.8 Å². The lowest BCUT2D eigenvalue weighted by Gasteiger charge is -2.35. The van der Waals surface area contributed by atoms with Crippen LogP contribution in [0.3, 0.4) is 0 Å². The van der Waals surface area contributed by atoms with Crippen LogP contribution < -0.4 is 4.90 Å². The van der Waals surface area contributed by atoms with E-state index in [1.165, 1.54) is 4.90 Å². The van der Waals surface area contributed by atoms with E-state index < -0.39 is 5.91 Å². The van der Waals surface area contributed by atoms with Gasteiger partial charge in [0.15, 0.2) is 0 Å². The van der Waals surface area contributed by atoms with Crippen LogP contribution in [-0.2, 0) is 4.79 Å². The molecule has 1 aromatic heterocycles. The van der Waals surface area contributed by atoms with E-state index in [1.54, 1.807) is 30.5 Å². The molecular weight excluding hydrogens is 546 g/mol. The van der Waals surface area contributed by atoms with E-state index in [0.29, 0.717) is 35.1 Å². The molecule has 214 valence electrons. The zero-order chi connectivity index (χ0) is 29.8. The van der Waals surface area contributed by atoms with Gasteiger partial charge in [0, 0.05) is 67.1 Å². The van der Waals surface area contributed by atoms with Crippen molar-refractivity contribution in [1.82, 2.24) is 19.7 Å². The number of pyridine rings is 1. The van der Waals surface area contributed by atoms with Crippen molar-refractivity contribution in [3.05, 3.63) is 89.1 Å². The lowest BCUT2D eigenvalue weighted by atomic mass is 10.0. The Kier molecular flexibility index (Phi) is 8.89. The molecule has 7 nitrogen and oxygen atoms in total. The first kappa shape index (κ1) is 29.3. The van der Waals surface area contributed by atoms with E-state index in [9.17, 15) is 9.59 Å². The standard InChI is InChI=1S/C34H34ClN5O2/c1-5-32(41)40(29-13-8-26(9-14-29)34(42)39-20-18-38(19-21-39)17-16-37(3)4)33-24(2)23-36-31-15-10-27(22-30(31)33)25-6-11-28(35)12-7-25/h1,6-15,22-23H,16-21H2,2-4H3. The Hall–Kier alpha value is -4.22. The van der Waals surface area contributed by atoms with Gasteiger partial charge in [-0.2, -0.15) is 0 Å². The number of anilines is 2. The number of halogens is 1. The largest absolute Gasteiger partial charge is 0.336 e. The molecule has 0 unspecified atom stereocenters. The Morgan fingerprint density at radius 1 is 0.952 bits per heavy atom. The summed E-state index contributed by atoms with van der Waals surface area (Å²) in [6, 6.07) is 20.6. The van der Waals surface area contributed by atoms with Crippen molar-refractivity contribution in [2.45, 2.75) is 6.92 Å². The lowest BCUT2D eigenvalue weighted by Crippen LogP contribution is -2.49. The van der Waals surface area contributed by atoms with E-state index in [0.717, 1.165) is 53.8 Å². The molecule has 2 heterocycles. The van der Waals surface area contributed by atoms with Crippen molar-refractivity contribution in [2.75, 3.05) is 58.3 Å². The normalized spacial score (nSPS) is 13.8. The van der Waals surface area contributed by atoms with Gasteiger partial charge < -0.3 is 9.80 Å². The second-order valence-electron chi connectivity index (χ2n) is 10.8. The number of amides is 2. The molecule has 4 aromatic rings. The molecule has 42 heavy (non-hydrogen) atoms. The third-order valence-electron chi connectivity index (χ3n) is 7.65. The second kappa shape index (κ2) is 12.7. The number of likely N-dealkylation sites (N-methyl/N-ethyl adjacent to an activating group) is 1. The van der Waals surface area contributed by atoms with Crippen molar-refractivity contribution >= 4 is 45.7 Å². The fourth-order valence-corrected chi connectivity index (χ4v) is 5.39. The van der Waals surface area contributed by atoms with Crippen LogP contribution in [-0.4, -0.2) is 84.9 Å². The van der Waals surface area contributed by atoms with E-state index in [4.69, 9.17) is 18.0 Å². The molecule has 1 aliphatic rings. The summed E-state index contributed by atoms with van der Waals surface area (Å²) in [5.41, 5.74) is 5.30. The molecule has 1 aliphatic heterocycles. The molecule has 1 saturated heterocycles. The highest BCUT2D eigenvalue weighted by atomic mass is 35.5. The minimum Gasteiger partial charge on any atom is -0.336 e. The number of hydrogen-bond donors (Lipinski definition) is 0. The van der Waals surface area contributed by atoms with Crippen LogP contribution in [0.5, 0.6) is 0 Å². The molecule has 3 aromatic carbocycles. The van der Waals surface area contributed by atoms with Gasteiger partial charge in [0.1, 0.15) is 0 Å². The van der Waals surface area contributed by atoms with Gasteiger partial charge in [-0.3, -0.25) is 24.4 Å². The van der Waals surface area contributed by atoms with Gasteiger partial charge >= 0.3 is 5.91 Å². The maximum atomic E-state index is 13.3. The summed E-state index contributed by atoms with van der Waals surface area (Å²) in [5.74, 6) is 1.77. The van der Waals surface area contributed by atoms with Gasteiger partial charge in [0.2, 0.25) is 0 Å². The predicted molar refractivity (Wildman–Crippen MR) is 170 cm³/mol. The summed E-state index contributed by atoms with van der Waals surface area (Å²) in [6.07, 6.45) is 7.41. The van der Waals surface area contributed by atoms with E-state index in [-0.39, 0.29) is 5.91 Å². The molecule has 5 rings (SSSR count). The van der Waals surface area contributed by atoms with Crippen LogP contribution in [0.25, 0.3) is 22.0 Å². The van der Waals surface area contributed by atoms with Gasteiger partial charge in [-0.25, -0.2) is 0 Å². The number of aryl methyl sites for hydroxylation is 1. The first-order chi connectivity index (χ1) is 20.2. The molecule has 0 radical (unpaired) electrons. The van der Waals surface area contributed by atoms with Crippen LogP contribution in [0.1, 0.15) is 15.9 Å². The molecular formula is C34H34ClN5O2. The molecule has 0 spiro atoms. The smallest absolute Gasteiger partial charge is 0.307 e. The summed E-state index contributed by atoms with van der Waals surface area (Å²) in [5, 5.41) is 1.45. The van der Waals surface area contributed by atoms with E-state index in [2.05, 4.69) is 34.8 Å². The average Bonchev–Trinajstić information content (AvgIpc) is 3.01. The van der Waals surface area contributed by atoms with Gasteiger partial charge in [0.05, 0.1) is 11.2 Å². The predicted octanol–water partition coefficient (Wildman–Crippen LogP) is 5.48. The van der Waals surface area contributed by atoms with Gasteiger partial charge in [-0.05, 0) is 92.2 Å². The van der Waals surface area contributed by atoms with Crippen molar-refractivity contribution < 1.29 is 9.59 Å². The lowest BCUT2D eigenvalue weighted by molar-refractivity contribution is -0.112. The summed E-state index contributed by atoms with van der Waals surface area (Å²) in [6.45, 7) is 6.98. The first-order valence-corrected chi connectivity index (χ1v) is 14.4. The highest BCUT2D eigenvalue weighted by molar-refractivity contribution is 6.30. The van der Waals surface area contributed by atoms with Crippen LogP contribution in [0, 0.1) is 19.3 Å². The first-order valence-electron chi connectivity index (χ1n) is 14.0. The van der Waals surface area contributed by atoms with Crippen molar-refractivity contribution in [3.63, 3.8) is 0 Å². The van der Waals surface area contributed by atoms with Crippen LogP contribution >= 0.6 is 11.6 Å². The Labute approximate surface area is 252 Å². The maximum Gasteiger partial charge on any atom is 0.307 e. The highest BCUT2D eigenvalue weighted by Gasteiger charge is 2.25. The maximum absolute atomic E-state index is 13.3. The van der Waals surface area contributed by atoms with Crippen molar-refractivity contribution in [2.24, 2.45) is 0 Å². The second-order valence-corrected chi connectivity index (χ2v) is 11.2. The summed E-state index contributed by atoms with van der Waals surface area (Å²) < 4.78 is 0. The summed E-state index contributed by atoms with van der Waals surface area (Å²) in [7, 11) is 4.14. The number of piperazine rings is 1. The number of terminal acetylenes is 1. The number of carbonyl (C=O) groups excluding carboxylic acids is 2. The van der Waals surface area contributed by atoms with Crippen LogP contribution in [0.15, 0.2) is 72.9 Å². The molecule has 2 amide bonds. The van der Waals surface area contributed by atoms with Crippen LogP contribution in [0.2, 0.25) is 5.02 Å². The number of nitrogens with zero attached hydrogens (tertiary/aromatic N) is 5. The minimum atomic E-state index is -0.504. The SMILES string of the molecule is C#CC(=O)N(c1ccc(C(=O)N2CCN(CCN(C)C)CC2)cc1)c1c(C)cnc2ccc(-c3ccc(Cl)cc3)cc12. The fraction of sp³-hybridized carbons (Fsp3) is 0.265. The summed E-state index contributed by atoms with van der Waals surface area (Å²) >= 11 is 6.10. The molecule has 0 aliphatic carbocycles. The Morgan fingerprint density at radius 3 is 2.26 bits per heavy atom. The molecule has 0 saturated carbocycles. The fourth-order valence-electron chi connectivity index (χ4n) is 5.26. The van der Waals surface area contributed by atoms with Crippen molar-refractivity contribution in [1.29, 1.82) is 0 Å². The zero-order valence-corrected chi connectivity index (χ0v) is 24.9. The Balaban J connectivity index is 1.44. The molecule has 0 atom stereocenters. The molecule has 0 N–H and O–H groups in total. The number of benzene rings is 3. The van der Waals surface area contributed by atoms with Crippen LogP contribution in [0.4, 0.5) is 11.4 Å². The van der Waals surface area contributed by atoms with Gasteiger partial charge in [-0.15, -0.1) is 6.42 Å². The number of rotatable bonds is 7. The number of aromatic nitrogens is 1. The number of fused-ring (bicyclic) bond motifs is 1. The number of carbonyl (C=O) groups is 2. The van der Waals surface area contributed by atoms with E-state index >= 15 is 0 Å². The minimum absolute atomic E-state index is 0.0122. The summed E-state index contributed by atoms with van der Waals surface area (Å²) in [4.78, 5) is 39.1. The monoisotopic (exact) mass is 579 g/mol. The van der Waals surface area contributed by atoms with E-state index in [1.807, 2.05) is 54.3 Å². The Bertz CT molecular complexity index is 1640.